The van der Waals surface area contributed by atoms with Gasteiger partial charge in [-0.05, 0) is 78.9 Å². The highest BCUT2D eigenvalue weighted by Gasteiger charge is 2.54. The summed E-state index contributed by atoms with van der Waals surface area (Å²) in [5, 5.41) is 0. The second-order valence-electron chi connectivity index (χ2n) is 9.63. The van der Waals surface area contributed by atoms with Crippen LogP contribution in [0.4, 0.5) is 0 Å². The van der Waals surface area contributed by atoms with E-state index in [0.29, 0.717) is 20.9 Å². The molecule has 1 aliphatic rings. The molecule has 0 spiro atoms. The highest BCUT2D eigenvalue weighted by molar-refractivity contribution is 6.85. The van der Waals surface area contributed by atoms with Crippen LogP contribution in [-0.4, -0.2) is 51.7 Å². The summed E-state index contributed by atoms with van der Waals surface area (Å²) in [6, 6.07) is 0. The largest absolute Gasteiger partial charge is 0.353 e. The molecule has 0 unspecified atom stereocenters. The van der Waals surface area contributed by atoms with E-state index in [1.807, 2.05) is 0 Å². The van der Waals surface area contributed by atoms with Gasteiger partial charge in [0.1, 0.15) is 0 Å². The Labute approximate surface area is 135 Å². The van der Waals surface area contributed by atoms with Crippen LogP contribution in [0.5, 0.6) is 0 Å². The Morgan fingerprint density at radius 1 is 0.429 bits per heavy atom. The Balaban J connectivity index is 3.38. The van der Waals surface area contributed by atoms with Crippen molar-refractivity contribution in [2.45, 2.75) is 99.4 Å². The van der Waals surface area contributed by atoms with Crippen molar-refractivity contribution in [2.24, 2.45) is 0 Å². The summed E-state index contributed by atoms with van der Waals surface area (Å²) in [6.07, 6.45) is 0. The highest BCUT2D eigenvalue weighted by Crippen LogP contribution is 2.34. The predicted octanol–water partition coefficient (Wildman–Crippen LogP) is 3.66. The molecule has 3 nitrogen and oxygen atoms in total. The summed E-state index contributed by atoms with van der Waals surface area (Å²) < 4.78 is 7.97. The average Bonchev–Trinajstić information content (AvgIpc) is 2.07. The normalized spacial score (nSPS) is 21.4. The van der Waals surface area contributed by atoms with Crippen molar-refractivity contribution in [3.8, 4) is 0 Å². The fourth-order valence-electron chi connectivity index (χ4n) is 4.70. The van der Waals surface area contributed by atoms with Crippen LogP contribution in [0.15, 0.2) is 0 Å². The van der Waals surface area contributed by atoms with E-state index in [0.717, 1.165) is 0 Å². The molecule has 1 saturated heterocycles. The van der Waals surface area contributed by atoms with E-state index >= 15 is 0 Å². The van der Waals surface area contributed by atoms with Crippen LogP contribution in [0, 0.1) is 0 Å². The van der Waals surface area contributed by atoms with Gasteiger partial charge in [-0.3, -0.25) is 0 Å². The van der Waals surface area contributed by atoms with E-state index in [1.54, 1.807) is 0 Å². The minimum absolute atomic E-state index is 0.145. The molecule has 1 rings (SSSR count). The third-order valence-corrected chi connectivity index (χ3v) is 4.74. The molecule has 0 saturated carbocycles. The van der Waals surface area contributed by atoms with Gasteiger partial charge < -0.3 is 14.2 Å². The molecule has 1 fully saturated rings. The summed E-state index contributed by atoms with van der Waals surface area (Å²) in [5.41, 5.74) is 0.434. The standard InChI is InChI=1S/C15H36B3N3/c1-13(2,3)19-16(10)20(14(4,5)6)18(12)21(17(19)11)15(7,8)9/h1-12H3. The maximum absolute atomic E-state index is 2.66. The van der Waals surface area contributed by atoms with Gasteiger partial charge in [0.25, 0.3) is 20.9 Å². The number of hydrogen-bond acceptors (Lipinski definition) is 3. The molecule has 1 heterocycles. The first-order valence-corrected chi connectivity index (χ1v) is 8.45. The molecule has 0 aromatic carbocycles. The van der Waals surface area contributed by atoms with E-state index in [1.165, 1.54) is 0 Å². The van der Waals surface area contributed by atoms with Gasteiger partial charge in [0.15, 0.2) is 0 Å². The second kappa shape index (κ2) is 5.61. The molecule has 120 valence electrons. The van der Waals surface area contributed by atoms with Crippen LogP contribution in [-0.2, 0) is 0 Å². The Hall–Kier alpha value is 0.0748. The zero-order chi connectivity index (χ0) is 17.0. The fraction of sp³-hybridized carbons (Fsp3) is 1.00. The lowest BCUT2D eigenvalue weighted by Gasteiger charge is -2.62. The van der Waals surface area contributed by atoms with Gasteiger partial charge in [0, 0.05) is 0 Å². The monoisotopic (exact) mass is 291 g/mol. The van der Waals surface area contributed by atoms with Crippen molar-refractivity contribution >= 4 is 20.9 Å². The summed E-state index contributed by atoms with van der Waals surface area (Å²) in [7, 11) is 0. The summed E-state index contributed by atoms with van der Waals surface area (Å²) in [4.78, 5) is 0. The Morgan fingerprint density at radius 3 is 0.667 bits per heavy atom. The molecular formula is C15H36B3N3. The lowest BCUT2D eigenvalue weighted by molar-refractivity contribution is 0.224. The van der Waals surface area contributed by atoms with Gasteiger partial charge in [-0.25, -0.2) is 0 Å². The van der Waals surface area contributed by atoms with E-state index in [9.17, 15) is 0 Å². The first-order chi connectivity index (χ1) is 9.10. The van der Waals surface area contributed by atoms with Gasteiger partial charge in [0.2, 0.25) is 0 Å². The Morgan fingerprint density at radius 2 is 0.571 bits per heavy atom. The quantitative estimate of drug-likeness (QED) is 0.631. The third-order valence-electron chi connectivity index (χ3n) is 4.74. The van der Waals surface area contributed by atoms with Crippen LogP contribution < -0.4 is 0 Å². The molecule has 0 radical (unpaired) electrons. The molecule has 0 N–H and O–H groups in total. The van der Waals surface area contributed by atoms with Crippen LogP contribution in [0.25, 0.3) is 0 Å². The first-order valence-electron chi connectivity index (χ1n) is 8.45. The van der Waals surface area contributed by atoms with E-state index in [-0.39, 0.29) is 16.6 Å². The average molecular weight is 291 g/mol. The molecule has 0 atom stereocenters. The van der Waals surface area contributed by atoms with Crippen molar-refractivity contribution in [1.29, 1.82) is 0 Å². The number of rotatable bonds is 0. The molecule has 0 aromatic rings. The molecule has 0 bridgehead atoms. The topological polar surface area (TPSA) is 9.72 Å². The van der Waals surface area contributed by atoms with Crippen LogP contribution in [0.1, 0.15) is 62.3 Å². The zero-order valence-electron chi connectivity index (χ0n) is 16.6. The minimum atomic E-state index is 0.145. The van der Waals surface area contributed by atoms with Crippen molar-refractivity contribution in [3.63, 3.8) is 0 Å². The Bertz CT molecular complexity index is 299. The van der Waals surface area contributed by atoms with Crippen LogP contribution in [0.3, 0.4) is 0 Å². The summed E-state index contributed by atoms with van der Waals surface area (Å²) >= 11 is 0. The van der Waals surface area contributed by atoms with Gasteiger partial charge >= 0.3 is 0 Å². The predicted molar refractivity (Wildman–Crippen MR) is 99.6 cm³/mol. The molecule has 6 heteroatoms. The minimum Gasteiger partial charge on any atom is -0.353 e. The zero-order valence-corrected chi connectivity index (χ0v) is 16.6. The SMILES string of the molecule is CB1N(C(C)(C)C)B(C)N(C(C)(C)C)B(C)N1C(C)(C)C. The molecule has 0 aromatic heterocycles. The summed E-state index contributed by atoms with van der Waals surface area (Å²) in [5.74, 6) is 0. The maximum Gasteiger partial charge on any atom is 0.287 e. The molecular weight excluding hydrogens is 255 g/mol. The Kier molecular flexibility index (Phi) is 5.11. The van der Waals surface area contributed by atoms with E-state index in [2.05, 4.69) is 96.9 Å². The van der Waals surface area contributed by atoms with Crippen molar-refractivity contribution < 1.29 is 0 Å². The lowest BCUT2D eigenvalue weighted by Crippen LogP contribution is -2.83. The van der Waals surface area contributed by atoms with Gasteiger partial charge in [0.05, 0.1) is 0 Å². The molecule has 0 amide bonds. The first kappa shape index (κ1) is 19.1. The maximum atomic E-state index is 2.66. The van der Waals surface area contributed by atoms with E-state index in [4.69, 9.17) is 0 Å². The lowest BCUT2D eigenvalue weighted by atomic mass is 9.41. The third kappa shape index (κ3) is 3.70. The van der Waals surface area contributed by atoms with Gasteiger partial charge in [-0.2, -0.15) is 0 Å². The highest BCUT2D eigenvalue weighted by atomic mass is 15.4. The van der Waals surface area contributed by atoms with Crippen LogP contribution in [0.2, 0.25) is 20.5 Å². The van der Waals surface area contributed by atoms with Crippen molar-refractivity contribution in [1.82, 2.24) is 14.2 Å². The van der Waals surface area contributed by atoms with Gasteiger partial charge in [-0.1, -0.05) is 20.5 Å². The van der Waals surface area contributed by atoms with Crippen LogP contribution >= 0.6 is 0 Å². The number of hydrogen-bond donors (Lipinski definition) is 0. The van der Waals surface area contributed by atoms with Crippen molar-refractivity contribution in [2.75, 3.05) is 0 Å². The fourth-order valence-corrected chi connectivity index (χ4v) is 4.70. The smallest absolute Gasteiger partial charge is 0.287 e. The summed E-state index contributed by atoms with van der Waals surface area (Å²) in [6.45, 7) is 29.3. The molecule has 1 aliphatic heterocycles. The second-order valence-corrected chi connectivity index (χ2v) is 9.63. The van der Waals surface area contributed by atoms with Crippen molar-refractivity contribution in [3.05, 3.63) is 0 Å². The van der Waals surface area contributed by atoms with E-state index < -0.39 is 0 Å². The molecule has 21 heavy (non-hydrogen) atoms. The molecule has 0 aliphatic carbocycles. The van der Waals surface area contributed by atoms with Gasteiger partial charge in [-0.15, -0.1) is 0 Å². The number of nitrogens with zero attached hydrogens (tertiary/aromatic N) is 3.